The van der Waals surface area contributed by atoms with Crippen molar-refractivity contribution >= 4 is 32.9 Å². The number of halogens is 1. The molecule has 1 heterocycles. The first-order valence-electron chi connectivity index (χ1n) is 9.60. The first kappa shape index (κ1) is 21.6. The summed E-state index contributed by atoms with van der Waals surface area (Å²) < 4.78 is 8.98. The van der Waals surface area contributed by atoms with Crippen LogP contribution in [0.25, 0.3) is 11.0 Å². The molecule has 0 radical (unpaired) electrons. The Labute approximate surface area is 184 Å². The third-order valence-electron chi connectivity index (χ3n) is 4.48. The molecule has 154 valence electrons. The van der Waals surface area contributed by atoms with E-state index in [4.69, 9.17) is 9.84 Å². The standard InChI is InChI=1S/C18H18N2O3.C6H5Br/c1-3-20-16-8-7-12(2)9-15(16)19-17(20)11-23-14-6-4-5-13(10-14)18(21)22;7-6-4-2-1-3-5-6/h4-10H,3,11H2,1-2H3,(H,21,22);1-5H. The van der Waals surface area contributed by atoms with Gasteiger partial charge in [0.05, 0.1) is 16.6 Å². The summed E-state index contributed by atoms with van der Waals surface area (Å²) >= 11 is 3.31. The molecule has 30 heavy (non-hydrogen) atoms. The van der Waals surface area contributed by atoms with Gasteiger partial charge in [-0.3, -0.25) is 0 Å². The van der Waals surface area contributed by atoms with Gasteiger partial charge < -0.3 is 14.4 Å². The Kier molecular flexibility index (Phi) is 7.25. The predicted octanol–water partition coefficient (Wildman–Crippen LogP) is 6.09. The van der Waals surface area contributed by atoms with Crippen molar-refractivity contribution in [2.75, 3.05) is 0 Å². The maximum absolute atomic E-state index is 11.0. The molecule has 0 aliphatic carbocycles. The minimum absolute atomic E-state index is 0.210. The molecule has 3 aromatic carbocycles. The lowest BCUT2D eigenvalue weighted by atomic mass is 10.2. The third-order valence-corrected chi connectivity index (χ3v) is 5.01. The number of hydrogen-bond acceptors (Lipinski definition) is 3. The number of carbonyl (C=O) groups is 1. The van der Waals surface area contributed by atoms with Crippen LogP contribution < -0.4 is 4.74 Å². The van der Waals surface area contributed by atoms with E-state index >= 15 is 0 Å². The zero-order valence-corrected chi connectivity index (χ0v) is 18.5. The molecular weight excluding hydrogens is 444 g/mol. The van der Waals surface area contributed by atoms with E-state index in [1.165, 1.54) is 11.6 Å². The minimum atomic E-state index is -0.966. The van der Waals surface area contributed by atoms with Crippen molar-refractivity contribution in [3.63, 3.8) is 0 Å². The van der Waals surface area contributed by atoms with Gasteiger partial charge in [0.25, 0.3) is 0 Å². The van der Waals surface area contributed by atoms with Crippen LogP contribution in [-0.4, -0.2) is 20.6 Å². The van der Waals surface area contributed by atoms with Gasteiger partial charge in [0.1, 0.15) is 18.2 Å². The number of benzene rings is 3. The van der Waals surface area contributed by atoms with Crippen LogP contribution in [0.2, 0.25) is 0 Å². The number of hydrogen-bond donors (Lipinski definition) is 1. The van der Waals surface area contributed by atoms with Gasteiger partial charge in [-0.15, -0.1) is 0 Å². The number of rotatable bonds is 5. The highest BCUT2D eigenvalue weighted by atomic mass is 79.9. The number of carboxylic acids is 1. The van der Waals surface area contributed by atoms with E-state index in [1.807, 2.05) is 37.3 Å². The monoisotopic (exact) mass is 466 g/mol. The van der Waals surface area contributed by atoms with E-state index in [0.29, 0.717) is 12.4 Å². The summed E-state index contributed by atoms with van der Waals surface area (Å²) in [6.45, 7) is 5.20. The van der Waals surface area contributed by atoms with Crippen molar-refractivity contribution < 1.29 is 14.6 Å². The van der Waals surface area contributed by atoms with E-state index in [9.17, 15) is 4.79 Å². The molecule has 6 heteroatoms. The quantitative estimate of drug-likeness (QED) is 0.386. The Morgan fingerprint density at radius 1 is 1.07 bits per heavy atom. The molecule has 0 saturated heterocycles. The van der Waals surface area contributed by atoms with Gasteiger partial charge in [0.2, 0.25) is 0 Å². The number of aryl methyl sites for hydroxylation is 2. The van der Waals surface area contributed by atoms with Crippen molar-refractivity contribution in [2.45, 2.75) is 27.0 Å². The van der Waals surface area contributed by atoms with Crippen LogP contribution in [0.1, 0.15) is 28.7 Å². The number of aromatic carboxylic acids is 1. The van der Waals surface area contributed by atoms with E-state index in [0.717, 1.165) is 27.9 Å². The Morgan fingerprint density at radius 3 is 2.47 bits per heavy atom. The van der Waals surface area contributed by atoms with Gasteiger partial charge in [-0.2, -0.15) is 0 Å². The largest absolute Gasteiger partial charge is 0.486 e. The second kappa shape index (κ2) is 10.1. The molecule has 4 rings (SSSR count). The van der Waals surface area contributed by atoms with Crippen LogP contribution in [0, 0.1) is 6.92 Å². The first-order valence-corrected chi connectivity index (χ1v) is 10.4. The molecule has 0 aliphatic rings. The number of fused-ring (bicyclic) bond motifs is 1. The fourth-order valence-corrected chi connectivity index (χ4v) is 3.34. The normalized spacial score (nSPS) is 10.4. The van der Waals surface area contributed by atoms with Crippen molar-refractivity contribution in [1.82, 2.24) is 9.55 Å². The van der Waals surface area contributed by atoms with Crippen molar-refractivity contribution in [3.8, 4) is 5.75 Å². The molecule has 5 nitrogen and oxygen atoms in total. The lowest BCUT2D eigenvalue weighted by Gasteiger charge is -2.08. The summed E-state index contributed by atoms with van der Waals surface area (Å²) in [5, 5.41) is 9.03. The van der Waals surface area contributed by atoms with Crippen molar-refractivity contribution in [2.24, 2.45) is 0 Å². The second-order valence-corrected chi connectivity index (χ2v) is 7.60. The number of ether oxygens (including phenoxy) is 1. The van der Waals surface area contributed by atoms with Crippen LogP contribution in [0.4, 0.5) is 0 Å². The van der Waals surface area contributed by atoms with Crippen LogP contribution >= 0.6 is 15.9 Å². The fourth-order valence-electron chi connectivity index (χ4n) is 3.03. The molecule has 0 bridgehead atoms. The Hall–Kier alpha value is -3.12. The fraction of sp³-hybridized carbons (Fsp3) is 0.167. The molecule has 0 spiro atoms. The van der Waals surface area contributed by atoms with E-state index in [-0.39, 0.29) is 5.56 Å². The van der Waals surface area contributed by atoms with E-state index in [1.54, 1.807) is 18.2 Å². The SMILES string of the molecule is Brc1ccccc1.CCn1c(COc2cccc(C(=O)O)c2)nc2cc(C)ccc21. The maximum atomic E-state index is 11.0. The Balaban J connectivity index is 0.000000310. The zero-order chi connectivity index (χ0) is 21.5. The van der Waals surface area contributed by atoms with Crippen molar-refractivity contribution in [3.05, 3.63) is 94.2 Å². The maximum Gasteiger partial charge on any atom is 0.335 e. The molecule has 1 N–H and O–H groups in total. The molecule has 1 aromatic heterocycles. The molecule has 0 saturated carbocycles. The Morgan fingerprint density at radius 2 is 1.83 bits per heavy atom. The van der Waals surface area contributed by atoms with Gasteiger partial charge in [0.15, 0.2) is 0 Å². The van der Waals surface area contributed by atoms with Gasteiger partial charge in [0, 0.05) is 11.0 Å². The molecule has 0 unspecified atom stereocenters. The third kappa shape index (κ3) is 5.48. The summed E-state index contributed by atoms with van der Waals surface area (Å²) in [4.78, 5) is 15.6. The van der Waals surface area contributed by atoms with E-state index < -0.39 is 5.97 Å². The van der Waals surface area contributed by atoms with Crippen LogP contribution in [-0.2, 0) is 13.2 Å². The molecule has 0 fully saturated rings. The van der Waals surface area contributed by atoms with Gasteiger partial charge in [-0.25, -0.2) is 9.78 Å². The molecular formula is C24H23BrN2O3. The highest BCUT2D eigenvalue weighted by Gasteiger charge is 2.11. The zero-order valence-electron chi connectivity index (χ0n) is 16.9. The lowest BCUT2D eigenvalue weighted by molar-refractivity contribution is 0.0696. The average molecular weight is 467 g/mol. The Bertz CT molecular complexity index is 1140. The first-order chi connectivity index (χ1) is 14.5. The van der Waals surface area contributed by atoms with Crippen LogP contribution in [0.15, 0.2) is 77.3 Å². The van der Waals surface area contributed by atoms with E-state index in [2.05, 4.69) is 50.6 Å². The minimum Gasteiger partial charge on any atom is -0.486 e. The predicted molar refractivity (Wildman–Crippen MR) is 122 cm³/mol. The highest BCUT2D eigenvalue weighted by molar-refractivity contribution is 9.10. The second-order valence-electron chi connectivity index (χ2n) is 6.68. The summed E-state index contributed by atoms with van der Waals surface area (Å²) in [6, 6.07) is 22.6. The molecule has 4 aromatic rings. The number of carboxylic acid groups (broad SMARTS) is 1. The smallest absolute Gasteiger partial charge is 0.335 e. The van der Waals surface area contributed by atoms with Crippen molar-refractivity contribution in [1.29, 1.82) is 0 Å². The van der Waals surface area contributed by atoms with Gasteiger partial charge >= 0.3 is 5.97 Å². The molecule has 0 amide bonds. The summed E-state index contributed by atoms with van der Waals surface area (Å²) in [5.41, 5.74) is 3.41. The lowest BCUT2D eigenvalue weighted by Crippen LogP contribution is -2.06. The summed E-state index contributed by atoms with van der Waals surface area (Å²) in [6.07, 6.45) is 0. The topological polar surface area (TPSA) is 64.3 Å². The number of nitrogens with zero attached hydrogens (tertiary/aromatic N) is 2. The van der Waals surface area contributed by atoms with Crippen LogP contribution in [0.3, 0.4) is 0 Å². The summed E-state index contributed by atoms with van der Waals surface area (Å²) in [7, 11) is 0. The molecule has 0 aliphatic heterocycles. The summed E-state index contributed by atoms with van der Waals surface area (Å²) in [5.74, 6) is 0.385. The van der Waals surface area contributed by atoms with Gasteiger partial charge in [-0.05, 0) is 61.9 Å². The van der Waals surface area contributed by atoms with Gasteiger partial charge in [-0.1, -0.05) is 46.3 Å². The van der Waals surface area contributed by atoms with Crippen LogP contribution in [0.5, 0.6) is 5.75 Å². The number of aromatic nitrogens is 2. The highest BCUT2D eigenvalue weighted by Crippen LogP contribution is 2.20. The number of imidazole rings is 1. The molecule has 0 atom stereocenters. The average Bonchev–Trinajstić information content (AvgIpc) is 3.10.